The maximum atomic E-state index is 6.02. The zero-order chi connectivity index (χ0) is 21.4. The molecule has 2 fully saturated rings. The number of hydrazine groups is 1. The van der Waals surface area contributed by atoms with Crippen LogP contribution in [0.1, 0.15) is 42.0 Å². The monoisotopic (exact) mass is 417 g/mol. The number of nitrogens with zero attached hydrogens (tertiary/aromatic N) is 3. The summed E-state index contributed by atoms with van der Waals surface area (Å²) < 4.78 is 0. The van der Waals surface area contributed by atoms with Crippen LogP contribution in [0, 0.1) is 18.8 Å². The molecule has 5 rings (SSSR count). The van der Waals surface area contributed by atoms with E-state index >= 15 is 0 Å². The maximum Gasteiger partial charge on any atom is 0.118 e. The van der Waals surface area contributed by atoms with E-state index in [1.54, 1.807) is 7.05 Å². The molecule has 7 nitrogen and oxygen atoms in total. The third kappa shape index (κ3) is 4.16. The van der Waals surface area contributed by atoms with Crippen molar-refractivity contribution in [3.05, 3.63) is 59.3 Å². The number of aromatic nitrogens is 3. The van der Waals surface area contributed by atoms with Gasteiger partial charge in [-0.2, -0.15) is 0 Å². The molecular weight excluding hydrogens is 386 g/mol. The summed E-state index contributed by atoms with van der Waals surface area (Å²) in [6.45, 7) is 5.18. The number of hydrogen-bond acceptors (Lipinski definition) is 4. The first kappa shape index (κ1) is 20.0. The van der Waals surface area contributed by atoms with Crippen molar-refractivity contribution in [3.8, 4) is 0 Å². The van der Waals surface area contributed by atoms with Crippen LogP contribution < -0.4 is 11.2 Å². The number of nitrogens with one attached hydrogen (secondary N) is 3. The Kier molecular flexibility index (Phi) is 5.38. The fourth-order valence-electron chi connectivity index (χ4n) is 5.08. The van der Waals surface area contributed by atoms with Crippen molar-refractivity contribution in [2.45, 2.75) is 32.7 Å². The van der Waals surface area contributed by atoms with Gasteiger partial charge in [0, 0.05) is 48.9 Å². The minimum Gasteiger partial charge on any atom is -0.384 e. The molecular formula is C24H31N7. The van der Waals surface area contributed by atoms with E-state index in [0.29, 0.717) is 5.84 Å². The number of imidazole rings is 1. The lowest BCUT2D eigenvalue weighted by Gasteiger charge is -2.18. The van der Waals surface area contributed by atoms with Gasteiger partial charge in [-0.25, -0.2) is 9.99 Å². The first-order chi connectivity index (χ1) is 15.1. The summed E-state index contributed by atoms with van der Waals surface area (Å²) in [5, 5.41) is 3.61. The zero-order valence-corrected chi connectivity index (χ0v) is 18.3. The van der Waals surface area contributed by atoms with E-state index in [1.165, 1.54) is 43.3 Å². The van der Waals surface area contributed by atoms with Gasteiger partial charge in [-0.1, -0.05) is 12.5 Å². The van der Waals surface area contributed by atoms with Crippen LogP contribution in [0.4, 0.5) is 0 Å². The van der Waals surface area contributed by atoms with Crippen molar-refractivity contribution in [2.75, 3.05) is 20.1 Å². The number of amidine groups is 1. The van der Waals surface area contributed by atoms with E-state index in [1.807, 2.05) is 19.2 Å². The highest BCUT2D eigenvalue weighted by atomic mass is 15.5. The maximum absolute atomic E-state index is 6.02. The van der Waals surface area contributed by atoms with Crippen molar-refractivity contribution in [2.24, 2.45) is 22.6 Å². The summed E-state index contributed by atoms with van der Waals surface area (Å²) in [5.41, 5.74) is 14.9. The molecule has 1 saturated carbocycles. The molecule has 2 aromatic heterocycles. The lowest BCUT2D eigenvalue weighted by Crippen LogP contribution is -2.36. The van der Waals surface area contributed by atoms with Gasteiger partial charge in [0.1, 0.15) is 11.7 Å². The Morgan fingerprint density at radius 1 is 1.23 bits per heavy atom. The fourth-order valence-corrected chi connectivity index (χ4v) is 5.08. The standard InChI is InChI=1S/C24H31N7/c1-15-27-12-23(29-15)20(10-24(25)26-2)22-9-19-8-16(6-7-21(19)30-22)11-28-31-13-17-4-3-5-18(17)14-31/h6-10,12,17-18,28,30H,3-5,11,13-14H2,1-2H3,(H2,25,26)(H,27,29)/b20-10-. The number of rotatable bonds is 6. The molecule has 0 amide bonds. The van der Waals surface area contributed by atoms with Crippen LogP contribution in [0.15, 0.2) is 41.5 Å². The average Bonchev–Trinajstić information content (AvgIpc) is 3.53. The van der Waals surface area contributed by atoms with Gasteiger partial charge in [-0.15, -0.1) is 0 Å². The van der Waals surface area contributed by atoms with Gasteiger partial charge >= 0.3 is 0 Å². The van der Waals surface area contributed by atoms with Crippen LogP contribution in [-0.2, 0) is 6.54 Å². The van der Waals surface area contributed by atoms with Crippen LogP contribution in [-0.4, -0.2) is 45.9 Å². The Balaban J connectivity index is 1.36. The fraction of sp³-hybridized carbons (Fsp3) is 0.417. The number of fused-ring (bicyclic) bond motifs is 2. The first-order valence-electron chi connectivity index (χ1n) is 11.2. The van der Waals surface area contributed by atoms with Crippen molar-refractivity contribution in [1.82, 2.24) is 25.4 Å². The van der Waals surface area contributed by atoms with Crippen LogP contribution in [0.3, 0.4) is 0 Å². The van der Waals surface area contributed by atoms with Crippen LogP contribution in [0.5, 0.6) is 0 Å². The number of benzene rings is 1. The Labute approximate surface area is 182 Å². The van der Waals surface area contributed by atoms with E-state index in [-0.39, 0.29) is 0 Å². The van der Waals surface area contributed by atoms with Crippen LogP contribution >= 0.6 is 0 Å². The molecule has 162 valence electrons. The van der Waals surface area contributed by atoms with E-state index in [9.17, 15) is 0 Å². The number of aliphatic imine (C=N–C) groups is 1. The molecule has 1 aliphatic carbocycles. The minimum atomic E-state index is 0.473. The van der Waals surface area contributed by atoms with Gasteiger partial charge in [0.05, 0.1) is 11.9 Å². The molecule has 0 spiro atoms. The quantitative estimate of drug-likeness (QED) is 0.365. The first-order valence-corrected chi connectivity index (χ1v) is 11.2. The molecule has 3 aromatic rings. The summed E-state index contributed by atoms with van der Waals surface area (Å²) in [6, 6.07) is 8.77. The summed E-state index contributed by atoms with van der Waals surface area (Å²) in [5.74, 6) is 3.14. The van der Waals surface area contributed by atoms with Gasteiger partial charge < -0.3 is 15.7 Å². The number of nitrogens with two attached hydrogens (primary N) is 1. The SMILES string of the molecule is CN=C(N)/C=C(\c1cnc(C)[nH]1)c1cc2cc(CNN3CC4CCCC4C3)ccc2[nH]1. The second-order valence-electron chi connectivity index (χ2n) is 8.88. The summed E-state index contributed by atoms with van der Waals surface area (Å²) in [4.78, 5) is 15.3. The van der Waals surface area contributed by atoms with Gasteiger partial charge in [0.2, 0.25) is 0 Å². The Hall–Kier alpha value is -2.90. The van der Waals surface area contributed by atoms with Crippen molar-refractivity contribution >= 4 is 22.3 Å². The lowest BCUT2D eigenvalue weighted by atomic mass is 10.0. The van der Waals surface area contributed by atoms with Crippen LogP contribution in [0.25, 0.3) is 16.5 Å². The van der Waals surface area contributed by atoms with Gasteiger partial charge in [0.25, 0.3) is 0 Å². The molecule has 31 heavy (non-hydrogen) atoms. The van der Waals surface area contributed by atoms with Gasteiger partial charge in [0.15, 0.2) is 0 Å². The normalized spacial score (nSPS) is 22.5. The smallest absolute Gasteiger partial charge is 0.118 e. The number of H-pyrrole nitrogens is 2. The number of hydrogen-bond donors (Lipinski definition) is 4. The second kappa shape index (κ2) is 8.32. The highest BCUT2D eigenvalue weighted by Crippen LogP contribution is 2.37. The van der Waals surface area contributed by atoms with E-state index in [2.05, 4.69) is 54.6 Å². The van der Waals surface area contributed by atoms with Crippen molar-refractivity contribution < 1.29 is 0 Å². The molecule has 1 aliphatic heterocycles. The highest BCUT2D eigenvalue weighted by Gasteiger charge is 2.35. The summed E-state index contributed by atoms with van der Waals surface area (Å²) in [6.07, 6.45) is 7.93. The largest absolute Gasteiger partial charge is 0.384 e. The number of aryl methyl sites for hydroxylation is 1. The molecule has 1 aromatic carbocycles. The summed E-state index contributed by atoms with van der Waals surface area (Å²) in [7, 11) is 1.69. The molecule has 0 bridgehead atoms. The highest BCUT2D eigenvalue weighted by molar-refractivity contribution is 6.01. The number of aromatic amines is 2. The predicted octanol–water partition coefficient (Wildman–Crippen LogP) is 3.35. The van der Waals surface area contributed by atoms with E-state index < -0.39 is 0 Å². The average molecular weight is 418 g/mol. The summed E-state index contributed by atoms with van der Waals surface area (Å²) >= 11 is 0. The molecule has 0 radical (unpaired) electrons. The molecule has 5 N–H and O–H groups in total. The molecule has 2 unspecified atom stereocenters. The van der Waals surface area contributed by atoms with Gasteiger partial charge in [-0.05, 0) is 61.4 Å². The van der Waals surface area contributed by atoms with E-state index in [4.69, 9.17) is 5.73 Å². The van der Waals surface area contributed by atoms with E-state index in [0.717, 1.165) is 46.7 Å². The third-order valence-corrected chi connectivity index (χ3v) is 6.75. The molecule has 3 heterocycles. The topological polar surface area (TPSA) is 98.1 Å². The Bertz CT molecular complexity index is 1120. The molecule has 2 aliphatic rings. The Morgan fingerprint density at radius 3 is 2.74 bits per heavy atom. The predicted molar refractivity (Wildman–Crippen MR) is 125 cm³/mol. The second-order valence-corrected chi connectivity index (χ2v) is 8.88. The molecule has 1 saturated heterocycles. The Morgan fingerprint density at radius 2 is 2.03 bits per heavy atom. The third-order valence-electron chi connectivity index (χ3n) is 6.75. The molecule has 7 heteroatoms. The zero-order valence-electron chi connectivity index (χ0n) is 18.3. The van der Waals surface area contributed by atoms with Gasteiger partial charge in [-0.3, -0.25) is 10.4 Å². The van der Waals surface area contributed by atoms with Crippen LogP contribution in [0.2, 0.25) is 0 Å². The lowest BCUT2D eigenvalue weighted by molar-refractivity contribution is 0.213. The van der Waals surface area contributed by atoms with Crippen molar-refractivity contribution in [3.63, 3.8) is 0 Å². The minimum absolute atomic E-state index is 0.473. The van der Waals surface area contributed by atoms with Crippen molar-refractivity contribution in [1.29, 1.82) is 0 Å². The molecule has 2 atom stereocenters.